The molecule has 3 rings (SSSR count). The molecule has 0 aliphatic heterocycles. The van der Waals surface area contributed by atoms with Gasteiger partial charge in [-0.1, -0.05) is 29.4 Å². The zero-order chi connectivity index (χ0) is 13.8. The van der Waals surface area contributed by atoms with E-state index >= 15 is 0 Å². The Labute approximate surface area is 117 Å². The summed E-state index contributed by atoms with van der Waals surface area (Å²) in [4.78, 5) is 8.95. The van der Waals surface area contributed by atoms with Crippen LogP contribution in [0.25, 0.3) is 22.4 Å². The van der Waals surface area contributed by atoms with Crippen LogP contribution in [0.2, 0.25) is 0 Å². The van der Waals surface area contributed by atoms with Gasteiger partial charge in [-0.2, -0.15) is 4.98 Å². The number of rotatable bonds is 5. The minimum Gasteiger partial charge on any atom is -0.339 e. The number of aromatic nitrogens is 3. The number of pyridine rings is 1. The Kier molecular flexibility index (Phi) is 3.69. The van der Waals surface area contributed by atoms with Gasteiger partial charge in [0.1, 0.15) is 5.69 Å². The first-order valence-electron chi connectivity index (χ1n) is 6.70. The summed E-state index contributed by atoms with van der Waals surface area (Å²) < 4.78 is 5.25. The second-order valence-electron chi connectivity index (χ2n) is 4.61. The van der Waals surface area contributed by atoms with Crippen molar-refractivity contribution in [3.8, 4) is 11.5 Å². The molecule has 0 spiro atoms. The molecule has 0 radical (unpaired) electrons. The molecule has 0 saturated carbocycles. The molecule has 5 nitrogen and oxygen atoms in total. The van der Waals surface area contributed by atoms with E-state index in [0.717, 1.165) is 36.0 Å². The molecule has 1 N–H and O–H groups in total. The summed E-state index contributed by atoms with van der Waals surface area (Å²) in [6.45, 7) is 0.936. The van der Waals surface area contributed by atoms with Crippen LogP contribution < -0.4 is 5.32 Å². The second-order valence-corrected chi connectivity index (χ2v) is 4.61. The maximum atomic E-state index is 5.25. The average molecular weight is 268 g/mol. The fraction of sp³-hybridized carbons (Fsp3) is 0.267. The van der Waals surface area contributed by atoms with Gasteiger partial charge in [0.2, 0.25) is 11.7 Å². The van der Waals surface area contributed by atoms with E-state index in [9.17, 15) is 0 Å². The zero-order valence-electron chi connectivity index (χ0n) is 11.3. The van der Waals surface area contributed by atoms with E-state index in [-0.39, 0.29) is 0 Å². The quantitative estimate of drug-likeness (QED) is 0.720. The van der Waals surface area contributed by atoms with Gasteiger partial charge in [0.05, 0.1) is 5.52 Å². The molecule has 0 aliphatic carbocycles. The van der Waals surface area contributed by atoms with E-state index in [0.29, 0.717) is 11.7 Å². The van der Waals surface area contributed by atoms with E-state index in [2.05, 4.69) is 20.4 Å². The molecule has 0 saturated heterocycles. The van der Waals surface area contributed by atoms with Crippen molar-refractivity contribution >= 4 is 10.9 Å². The van der Waals surface area contributed by atoms with Crippen LogP contribution in [0.15, 0.2) is 40.9 Å². The summed E-state index contributed by atoms with van der Waals surface area (Å²) in [5, 5.41) is 8.20. The predicted molar refractivity (Wildman–Crippen MR) is 77.3 cm³/mol. The molecular weight excluding hydrogens is 252 g/mol. The highest BCUT2D eigenvalue weighted by Crippen LogP contribution is 2.18. The van der Waals surface area contributed by atoms with Crippen LogP contribution in [0.3, 0.4) is 0 Å². The van der Waals surface area contributed by atoms with Gasteiger partial charge in [-0.25, -0.2) is 4.98 Å². The smallest absolute Gasteiger partial charge is 0.227 e. The first kappa shape index (κ1) is 12.7. The minimum absolute atomic E-state index is 0.551. The number of fused-ring (bicyclic) bond motifs is 1. The molecule has 20 heavy (non-hydrogen) atoms. The predicted octanol–water partition coefficient (Wildman–Crippen LogP) is 2.44. The maximum Gasteiger partial charge on any atom is 0.227 e. The van der Waals surface area contributed by atoms with E-state index in [1.165, 1.54) is 0 Å². The SMILES string of the molecule is CNCCCc1nc(-c2ccc3ccccc3n2)no1. The van der Waals surface area contributed by atoms with E-state index in [1.54, 1.807) is 0 Å². The summed E-state index contributed by atoms with van der Waals surface area (Å²) in [6.07, 6.45) is 1.75. The minimum atomic E-state index is 0.551. The number of benzene rings is 1. The van der Waals surface area contributed by atoms with E-state index < -0.39 is 0 Å². The van der Waals surface area contributed by atoms with Crippen molar-refractivity contribution in [1.82, 2.24) is 20.4 Å². The molecule has 2 aromatic heterocycles. The molecule has 0 unspecified atom stereocenters. The van der Waals surface area contributed by atoms with Gasteiger partial charge in [0.25, 0.3) is 0 Å². The van der Waals surface area contributed by atoms with Crippen LogP contribution in [0, 0.1) is 0 Å². The van der Waals surface area contributed by atoms with Crippen LogP contribution in [0.5, 0.6) is 0 Å². The third kappa shape index (κ3) is 2.67. The summed E-state index contributed by atoms with van der Waals surface area (Å²) in [5.41, 5.74) is 1.68. The molecular formula is C15H16N4O. The number of nitrogens with one attached hydrogen (secondary N) is 1. The second kappa shape index (κ2) is 5.79. The van der Waals surface area contributed by atoms with Crippen molar-refractivity contribution in [3.05, 3.63) is 42.3 Å². The van der Waals surface area contributed by atoms with Gasteiger partial charge < -0.3 is 9.84 Å². The summed E-state index contributed by atoms with van der Waals surface area (Å²) in [5.74, 6) is 1.21. The number of para-hydroxylation sites is 1. The van der Waals surface area contributed by atoms with Crippen LogP contribution in [0.1, 0.15) is 12.3 Å². The lowest BCUT2D eigenvalue weighted by molar-refractivity contribution is 0.375. The third-order valence-electron chi connectivity index (χ3n) is 3.11. The third-order valence-corrected chi connectivity index (χ3v) is 3.11. The van der Waals surface area contributed by atoms with E-state index in [1.807, 2.05) is 43.4 Å². The molecule has 0 aliphatic rings. The van der Waals surface area contributed by atoms with Crippen LogP contribution in [-0.4, -0.2) is 28.7 Å². The van der Waals surface area contributed by atoms with Crippen molar-refractivity contribution < 1.29 is 4.52 Å². The molecule has 0 amide bonds. The number of nitrogens with zero attached hydrogens (tertiary/aromatic N) is 3. The Morgan fingerprint density at radius 1 is 1.10 bits per heavy atom. The van der Waals surface area contributed by atoms with Gasteiger partial charge in [0.15, 0.2) is 0 Å². The van der Waals surface area contributed by atoms with Crippen LogP contribution >= 0.6 is 0 Å². The first-order valence-corrected chi connectivity index (χ1v) is 6.70. The molecule has 2 heterocycles. The molecule has 0 atom stereocenters. The lowest BCUT2D eigenvalue weighted by Gasteiger charge is -1.98. The highest BCUT2D eigenvalue weighted by atomic mass is 16.5. The fourth-order valence-electron chi connectivity index (χ4n) is 2.07. The fourth-order valence-corrected chi connectivity index (χ4v) is 2.07. The van der Waals surface area contributed by atoms with Gasteiger partial charge in [-0.05, 0) is 32.1 Å². The summed E-state index contributed by atoms with van der Waals surface area (Å²) in [6, 6.07) is 11.9. The topological polar surface area (TPSA) is 63.8 Å². The van der Waals surface area contributed by atoms with Crippen molar-refractivity contribution in [1.29, 1.82) is 0 Å². The van der Waals surface area contributed by atoms with Gasteiger partial charge in [-0.15, -0.1) is 0 Å². The van der Waals surface area contributed by atoms with Crippen LogP contribution in [0.4, 0.5) is 0 Å². The van der Waals surface area contributed by atoms with Gasteiger partial charge in [0, 0.05) is 11.8 Å². The Morgan fingerprint density at radius 3 is 2.90 bits per heavy atom. The summed E-state index contributed by atoms with van der Waals surface area (Å²) in [7, 11) is 1.93. The zero-order valence-corrected chi connectivity index (χ0v) is 11.3. The van der Waals surface area contributed by atoms with Crippen molar-refractivity contribution in [3.63, 3.8) is 0 Å². The Balaban J connectivity index is 1.83. The molecule has 102 valence electrons. The molecule has 3 aromatic rings. The maximum absolute atomic E-state index is 5.25. The lowest BCUT2D eigenvalue weighted by Crippen LogP contribution is -2.08. The van der Waals surface area contributed by atoms with Gasteiger partial charge >= 0.3 is 0 Å². The molecule has 0 fully saturated rings. The standard InChI is InChI=1S/C15H16N4O/c1-16-10-4-7-14-18-15(19-20-14)13-9-8-11-5-2-3-6-12(11)17-13/h2-3,5-6,8-9,16H,4,7,10H2,1H3. The highest BCUT2D eigenvalue weighted by Gasteiger charge is 2.10. The number of aryl methyl sites for hydroxylation is 1. The van der Waals surface area contributed by atoms with Crippen molar-refractivity contribution in [2.24, 2.45) is 0 Å². The molecule has 0 bridgehead atoms. The normalized spacial score (nSPS) is 11.1. The van der Waals surface area contributed by atoms with E-state index in [4.69, 9.17) is 4.52 Å². The average Bonchev–Trinajstić information content (AvgIpc) is 2.96. The van der Waals surface area contributed by atoms with Gasteiger partial charge in [-0.3, -0.25) is 0 Å². The molecule has 1 aromatic carbocycles. The van der Waals surface area contributed by atoms with Crippen molar-refractivity contribution in [2.75, 3.05) is 13.6 Å². The summed E-state index contributed by atoms with van der Waals surface area (Å²) >= 11 is 0. The number of hydrogen-bond donors (Lipinski definition) is 1. The lowest BCUT2D eigenvalue weighted by atomic mass is 10.2. The van der Waals surface area contributed by atoms with Crippen LogP contribution in [-0.2, 0) is 6.42 Å². The molecule has 5 heteroatoms. The monoisotopic (exact) mass is 268 g/mol. The first-order chi connectivity index (χ1) is 9.86. The highest BCUT2D eigenvalue weighted by molar-refractivity contribution is 5.80. The Hall–Kier alpha value is -2.27. The van der Waals surface area contributed by atoms with Crippen molar-refractivity contribution in [2.45, 2.75) is 12.8 Å². The largest absolute Gasteiger partial charge is 0.339 e. The Morgan fingerprint density at radius 2 is 2.00 bits per heavy atom. The Bertz CT molecular complexity index is 708. The number of hydrogen-bond acceptors (Lipinski definition) is 5.